The van der Waals surface area contributed by atoms with Gasteiger partial charge in [-0.1, -0.05) is 39.0 Å². The molecule has 0 bridgehead atoms. The molecule has 0 amide bonds. The van der Waals surface area contributed by atoms with Crippen LogP contribution in [-0.4, -0.2) is 37.9 Å². The number of nitrogens with one attached hydrogen (secondary N) is 1. The maximum absolute atomic E-state index is 12.8. The first-order valence-electron chi connectivity index (χ1n) is 8.38. The van der Waals surface area contributed by atoms with Gasteiger partial charge in [0.1, 0.15) is 0 Å². The van der Waals surface area contributed by atoms with E-state index >= 15 is 0 Å². The van der Waals surface area contributed by atoms with Gasteiger partial charge in [0.2, 0.25) is 0 Å². The third kappa shape index (κ3) is 3.78. The summed E-state index contributed by atoms with van der Waals surface area (Å²) >= 11 is 0. The summed E-state index contributed by atoms with van der Waals surface area (Å²) < 4.78 is 30.1. The molecular formula is C15H31N3O2S. The SMILES string of the molecule is CC1CCCCC1(CN)NS(=O)(=O)N(C)C1CCCCC1. The molecule has 2 fully saturated rings. The molecule has 2 rings (SSSR count). The van der Waals surface area contributed by atoms with Crippen LogP contribution < -0.4 is 10.5 Å². The first kappa shape index (κ1) is 17.2. The first-order valence-corrected chi connectivity index (χ1v) is 9.82. The average molecular weight is 317 g/mol. The Labute approximate surface area is 129 Å². The second-order valence-electron chi connectivity index (χ2n) is 6.92. The molecule has 2 unspecified atom stereocenters. The average Bonchev–Trinajstić information content (AvgIpc) is 2.49. The lowest BCUT2D eigenvalue weighted by molar-refractivity contribution is 0.184. The van der Waals surface area contributed by atoms with Gasteiger partial charge in [0.25, 0.3) is 10.2 Å². The predicted octanol–water partition coefficient (Wildman–Crippen LogP) is 1.99. The van der Waals surface area contributed by atoms with Gasteiger partial charge in [0, 0.05) is 25.2 Å². The van der Waals surface area contributed by atoms with E-state index in [0.29, 0.717) is 12.5 Å². The summed E-state index contributed by atoms with van der Waals surface area (Å²) in [5, 5.41) is 0. The van der Waals surface area contributed by atoms with Crippen molar-refractivity contribution in [1.82, 2.24) is 9.03 Å². The van der Waals surface area contributed by atoms with E-state index in [1.165, 1.54) is 12.8 Å². The number of rotatable bonds is 5. The molecule has 2 atom stereocenters. The molecule has 0 aromatic heterocycles. The highest BCUT2D eigenvalue weighted by molar-refractivity contribution is 7.87. The molecule has 0 saturated heterocycles. The quantitative estimate of drug-likeness (QED) is 0.814. The van der Waals surface area contributed by atoms with Gasteiger partial charge >= 0.3 is 0 Å². The van der Waals surface area contributed by atoms with Crippen LogP contribution in [0.25, 0.3) is 0 Å². The summed E-state index contributed by atoms with van der Waals surface area (Å²) in [6.45, 7) is 2.50. The molecule has 5 nitrogen and oxygen atoms in total. The van der Waals surface area contributed by atoms with E-state index in [1.807, 2.05) is 0 Å². The minimum absolute atomic E-state index is 0.143. The van der Waals surface area contributed by atoms with Crippen molar-refractivity contribution in [2.24, 2.45) is 11.7 Å². The fourth-order valence-electron chi connectivity index (χ4n) is 3.88. The molecule has 3 N–H and O–H groups in total. The van der Waals surface area contributed by atoms with Crippen molar-refractivity contribution in [2.45, 2.75) is 76.3 Å². The summed E-state index contributed by atoms with van der Waals surface area (Å²) in [5.41, 5.74) is 5.51. The lowest BCUT2D eigenvalue weighted by Crippen LogP contribution is -2.62. The summed E-state index contributed by atoms with van der Waals surface area (Å²) in [5.74, 6) is 0.297. The highest BCUT2D eigenvalue weighted by atomic mass is 32.2. The first-order chi connectivity index (χ1) is 9.91. The van der Waals surface area contributed by atoms with Gasteiger partial charge in [0.15, 0.2) is 0 Å². The van der Waals surface area contributed by atoms with Crippen LogP contribution in [0.1, 0.15) is 64.7 Å². The molecule has 2 saturated carbocycles. The molecule has 0 spiro atoms. The summed E-state index contributed by atoms with van der Waals surface area (Å²) in [6.07, 6.45) is 9.55. The zero-order valence-electron chi connectivity index (χ0n) is 13.5. The van der Waals surface area contributed by atoms with E-state index in [0.717, 1.165) is 44.9 Å². The van der Waals surface area contributed by atoms with Gasteiger partial charge in [-0.25, -0.2) is 0 Å². The number of hydrogen-bond donors (Lipinski definition) is 2. The fraction of sp³-hybridized carbons (Fsp3) is 1.00. The third-order valence-corrected chi connectivity index (χ3v) is 7.34. The van der Waals surface area contributed by atoms with Crippen LogP contribution in [0.4, 0.5) is 0 Å². The normalized spacial score (nSPS) is 32.5. The molecule has 0 aromatic rings. The minimum Gasteiger partial charge on any atom is -0.329 e. The monoisotopic (exact) mass is 317 g/mol. The molecule has 0 heterocycles. The molecule has 0 aliphatic heterocycles. The van der Waals surface area contributed by atoms with Crippen LogP contribution in [0.2, 0.25) is 0 Å². The Morgan fingerprint density at radius 3 is 2.33 bits per heavy atom. The van der Waals surface area contributed by atoms with E-state index in [1.54, 1.807) is 11.4 Å². The number of nitrogens with zero attached hydrogens (tertiary/aromatic N) is 1. The Morgan fingerprint density at radius 1 is 1.14 bits per heavy atom. The minimum atomic E-state index is -3.46. The molecular weight excluding hydrogens is 286 g/mol. The topological polar surface area (TPSA) is 75.4 Å². The smallest absolute Gasteiger partial charge is 0.280 e. The van der Waals surface area contributed by atoms with Crippen molar-refractivity contribution in [2.75, 3.05) is 13.6 Å². The van der Waals surface area contributed by atoms with Gasteiger partial charge in [-0.3, -0.25) is 0 Å². The Hall–Kier alpha value is -0.170. The third-order valence-electron chi connectivity index (χ3n) is 5.62. The van der Waals surface area contributed by atoms with Crippen LogP contribution in [0.3, 0.4) is 0 Å². The van der Waals surface area contributed by atoms with Crippen LogP contribution in [0.5, 0.6) is 0 Å². The van der Waals surface area contributed by atoms with Gasteiger partial charge < -0.3 is 5.73 Å². The largest absolute Gasteiger partial charge is 0.329 e. The van der Waals surface area contributed by atoms with Gasteiger partial charge in [-0.15, -0.1) is 0 Å². The molecule has 2 aliphatic rings. The van der Waals surface area contributed by atoms with Crippen molar-refractivity contribution >= 4 is 10.2 Å². The summed E-state index contributed by atoms with van der Waals surface area (Å²) in [4.78, 5) is 0. The van der Waals surface area contributed by atoms with E-state index in [2.05, 4.69) is 11.6 Å². The lowest BCUT2D eigenvalue weighted by atomic mass is 9.74. The molecule has 0 aromatic carbocycles. The molecule has 124 valence electrons. The van der Waals surface area contributed by atoms with Gasteiger partial charge in [-0.05, 0) is 31.6 Å². The molecule has 2 aliphatic carbocycles. The van der Waals surface area contributed by atoms with Crippen molar-refractivity contribution in [1.29, 1.82) is 0 Å². The van der Waals surface area contributed by atoms with E-state index in [4.69, 9.17) is 5.73 Å². The Kier molecular flexibility index (Phi) is 5.68. The lowest BCUT2D eigenvalue weighted by Gasteiger charge is -2.43. The number of hydrogen-bond acceptors (Lipinski definition) is 3. The van der Waals surface area contributed by atoms with Crippen LogP contribution in [0.15, 0.2) is 0 Å². The fourth-order valence-corrected chi connectivity index (χ4v) is 5.53. The Morgan fingerprint density at radius 2 is 1.76 bits per heavy atom. The maximum atomic E-state index is 12.8. The number of nitrogens with two attached hydrogens (primary N) is 1. The van der Waals surface area contributed by atoms with Crippen LogP contribution in [-0.2, 0) is 10.2 Å². The summed E-state index contributed by atoms with van der Waals surface area (Å²) in [6, 6.07) is 0.143. The zero-order chi connectivity index (χ0) is 15.5. The van der Waals surface area contributed by atoms with Crippen LogP contribution in [0, 0.1) is 5.92 Å². The predicted molar refractivity (Wildman–Crippen MR) is 86.1 cm³/mol. The Balaban J connectivity index is 2.10. The standard InChI is InChI=1S/C15H31N3O2S/c1-13-8-6-7-11-15(13,12-16)17-21(19,20)18(2)14-9-4-3-5-10-14/h13-14,17H,3-12,16H2,1-2H3. The van der Waals surface area contributed by atoms with E-state index in [-0.39, 0.29) is 6.04 Å². The molecule has 21 heavy (non-hydrogen) atoms. The maximum Gasteiger partial charge on any atom is 0.280 e. The van der Waals surface area contributed by atoms with Gasteiger partial charge in [0.05, 0.1) is 0 Å². The Bertz CT molecular complexity index is 434. The second kappa shape index (κ2) is 6.94. The van der Waals surface area contributed by atoms with Crippen molar-refractivity contribution in [3.8, 4) is 0 Å². The van der Waals surface area contributed by atoms with Crippen molar-refractivity contribution in [3.63, 3.8) is 0 Å². The highest BCUT2D eigenvalue weighted by Gasteiger charge is 2.42. The van der Waals surface area contributed by atoms with Crippen molar-refractivity contribution < 1.29 is 8.42 Å². The van der Waals surface area contributed by atoms with E-state index < -0.39 is 15.7 Å². The highest BCUT2D eigenvalue weighted by Crippen LogP contribution is 2.34. The van der Waals surface area contributed by atoms with Gasteiger partial charge in [-0.2, -0.15) is 17.4 Å². The second-order valence-corrected chi connectivity index (χ2v) is 8.65. The molecule has 6 heteroatoms. The van der Waals surface area contributed by atoms with Crippen molar-refractivity contribution in [3.05, 3.63) is 0 Å². The van der Waals surface area contributed by atoms with E-state index in [9.17, 15) is 8.42 Å². The van der Waals surface area contributed by atoms with Crippen LogP contribution >= 0.6 is 0 Å². The zero-order valence-corrected chi connectivity index (χ0v) is 14.3. The molecule has 0 radical (unpaired) electrons. The summed E-state index contributed by atoms with van der Waals surface area (Å²) in [7, 11) is -1.74.